The molecule has 1 aliphatic rings. The zero-order valence-corrected chi connectivity index (χ0v) is 10.0. The second kappa shape index (κ2) is 4.37. The predicted molar refractivity (Wildman–Crippen MR) is 68.1 cm³/mol. The van der Waals surface area contributed by atoms with Gasteiger partial charge in [0.05, 0.1) is 11.7 Å². The van der Waals surface area contributed by atoms with Crippen molar-refractivity contribution in [1.82, 2.24) is 9.78 Å². The number of anilines is 1. The first-order valence-electron chi connectivity index (χ1n) is 6.15. The molecule has 2 aromatic rings. The lowest BCUT2D eigenvalue weighted by atomic mass is 10.2. The van der Waals surface area contributed by atoms with Gasteiger partial charge in [-0.05, 0) is 37.5 Å². The number of nitrogens with one attached hydrogen (secondary N) is 1. The number of hydrogen-bond donors (Lipinski definition) is 1. The third-order valence-electron chi connectivity index (χ3n) is 3.32. The molecular formula is C13H17N3O. The molecule has 0 bridgehead atoms. The summed E-state index contributed by atoms with van der Waals surface area (Å²) >= 11 is 0. The largest absolute Gasteiger partial charge is 0.388 e. The zero-order valence-electron chi connectivity index (χ0n) is 10.0. The van der Waals surface area contributed by atoms with E-state index in [1.807, 2.05) is 17.9 Å². The highest BCUT2D eigenvalue weighted by molar-refractivity contribution is 5.82. The van der Waals surface area contributed by atoms with Crippen molar-refractivity contribution in [2.24, 2.45) is 0 Å². The first-order chi connectivity index (χ1) is 8.38. The van der Waals surface area contributed by atoms with E-state index >= 15 is 0 Å². The summed E-state index contributed by atoms with van der Waals surface area (Å²) < 4.78 is 7.79. The average Bonchev–Trinajstić information content (AvgIpc) is 2.82. The van der Waals surface area contributed by atoms with E-state index in [1.54, 1.807) is 0 Å². The summed E-state index contributed by atoms with van der Waals surface area (Å²) in [7, 11) is 1.93. The summed E-state index contributed by atoms with van der Waals surface area (Å²) in [5, 5.41) is 8.78. The van der Waals surface area contributed by atoms with Crippen LogP contribution >= 0.6 is 0 Å². The molecule has 17 heavy (non-hydrogen) atoms. The van der Waals surface area contributed by atoms with Gasteiger partial charge in [0.25, 0.3) is 0 Å². The summed E-state index contributed by atoms with van der Waals surface area (Å²) in [6.45, 7) is 0.845. The van der Waals surface area contributed by atoms with E-state index in [9.17, 15) is 0 Å². The van der Waals surface area contributed by atoms with Crippen LogP contribution in [-0.4, -0.2) is 23.4 Å². The fraction of sp³-hybridized carbons (Fsp3) is 0.462. The van der Waals surface area contributed by atoms with Crippen LogP contribution in [0.15, 0.2) is 24.4 Å². The molecule has 1 aromatic carbocycles. The van der Waals surface area contributed by atoms with Crippen molar-refractivity contribution in [1.29, 1.82) is 0 Å². The predicted octanol–water partition coefficient (Wildman–Crippen LogP) is 2.78. The van der Waals surface area contributed by atoms with Crippen LogP contribution in [0.3, 0.4) is 0 Å². The van der Waals surface area contributed by atoms with Gasteiger partial charge in [-0.15, -0.1) is 0 Å². The van der Waals surface area contributed by atoms with Crippen molar-refractivity contribution in [2.75, 3.05) is 19.0 Å². The van der Waals surface area contributed by atoms with Gasteiger partial charge in [0.2, 0.25) is 0 Å². The molecule has 1 unspecified atom stereocenters. The maximum atomic E-state index is 5.78. The zero-order chi connectivity index (χ0) is 11.7. The van der Waals surface area contributed by atoms with Gasteiger partial charge in [-0.3, -0.25) is 0 Å². The maximum absolute atomic E-state index is 5.78. The lowest BCUT2D eigenvalue weighted by molar-refractivity contribution is -0.0366. The Morgan fingerprint density at radius 3 is 3.12 bits per heavy atom. The van der Waals surface area contributed by atoms with Gasteiger partial charge in [0.15, 0.2) is 6.23 Å². The molecule has 4 nitrogen and oxygen atoms in total. The quantitative estimate of drug-likeness (QED) is 0.863. The van der Waals surface area contributed by atoms with Gasteiger partial charge in [0, 0.05) is 24.7 Å². The van der Waals surface area contributed by atoms with Crippen molar-refractivity contribution in [3.63, 3.8) is 0 Å². The summed E-state index contributed by atoms with van der Waals surface area (Å²) in [5.74, 6) is 0. The van der Waals surface area contributed by atoms with Gasteiger partial charge in [-0.2, -0.15) is 5.10 Å². The molecule has 0 amide bonds. The first-order valence-corrected chi connectivity index (χ1v) is 6.15. The second-order valence-corrected chi connectivity index (χ2v) is 4.43. The molecule has 1 N–H and O–H groups in total. The van der Waals surface area contributed by atoms with E-state index < -0.39 is 0 Å². The number of hydrogen-bond acceptors (Lipinski definition) is 3. The van der Waals surface area contributed by atoms with Crippen LogP contribution in [0.25, 0.3) is 10.9 Å². The van der Waals surface area contributed by atoms with Crippen LogP contribution in [0.4, 0.5) is 5.69 Å². The number of ether oxygens (including phenoxy) is 1. The summed E-state index contributed by atoms with van der Waals surface area (Å²) in [6, 6.07) is 6.28. The minimum Gasteiger partial charge on any atom is -0.388 e. The van der Waals surface area contributed by atoms with E-state index in [0.29, 0.717) is 0 Å². The third-order valence-corrected chi connectivity index (χ3v) is 3.32. The Hall–Kier alpha value is -1.55. The molecule has 4 heteroatoms. The first kappa shape index (κ1) is 10.6. The van der Waals surface area contributed by atoms with Gasteiger partial charge >= 0.3 is 0 Å². The number of benzene rings is 1. The Morgan fingerprint density at radius 1 is 1.41 bits per heavy atom. The highest BCUT2D eigenvalue weighted by Crippen LogP contribution is 2.27. The topological polar surface area (TPSA) is 39.1 Å². The van der Waals surface area contributed by atoms with E-state index in [4.69, 9.17) is 4.74 Å². The van der Waals surface area contributed by atoms with Crippen LogP contribution in [-0.2, 0) is 4.74 Å². The molecule has 1 atom stereocenters. The molecule has 2 heterocycles. The lowest BCUT2D eigenvalue weighted by Gasteiger charge is -2.23. The fourth-order valence-electron chi connectivity index (χ4n) is 2.34. The van der Waals surface area contributed by atoms with Crippen molar-refractivity contribution in [3.8, 4) is 0 Å². The molecule has 3 rings (SSSR count). The van der Waals surface area contributed by atoms with Crippen LogP contribution in [0, 0.1) is 0 Å². The third kappa shape index (κ3) is 1.89. The molecule has 0 radical (unpaired) electrons. The average molecular weight is 231 g/mol. The van der Waals surface area contributed by atoms with E-state index in [0.717, 1.165) is 36.0 Å². The standard InChI is InChI=1S/C13H17N3O/c1-14-11-6-5-10-9-15-16(12(10)8-11)13-4-2-3-7-17-13/h5-6,8-9,13-14H,2-4,7H2,1H3. The number of rotatable bonds is 2. The highest BCUT2D eigenvalue weighted by atomic mass is 16.5. The van der Waals surface area contributed by atoms with E-state index in [-0.39, 0.29) is 6.23 Å². The molecular weight excluding hydrogens is 214 g/mol. The summed E-state index contributed by atoms with van der Waals surface area (Å²) in [6.07, 6.45) is 5.45. The smallest absolute Gasteiger partial charge is 0.150 e. The maximum Gasteiger partial charge on any atom is 0.150 e. The van der Waals surface area contributed by atoms with Crippen molar-refractivity contribution >= 4 is 16.6 Å². The number of fused-ring (bicyclic) bond motifs is 1. The van der Waals surface area contributed by atoms with Crippen LogP contribution in [0.2, 0.25) is 0 Å². The van der Waals surface area contributed by atoms with Gasteiger partial charge in [0.1, 0.15) is 0 Å². The molecule has 0 saturated carbocycles. The normalized spacial score (nSPS) is 20.6. The summed E-state index contributed by atoms with van der Waals surface area (Å²) in [5.41, 5.74) is 2.25. The van der Waals surface area contributed by atoms with Crippen molar-refractivity contribution in [2.45, 2.75) is 25.5 Å². The van der Waals surface area contributed by atoms with Crippen molar-refractivity contribution in [3.05, 3.63) is 24.4 Å². The second-order valence-electron chi connectivity index (χ2n) is 4.43. The minimum absolute atomic E-state index is 0.105. The Kier molecular flexibility index (Phi) is 2.73. The molecule has 1 fully saturated rings. The number of aromatic nitrogens is 2. The van der Waals surface area contributed by atoms with Crippen LogP contribution in [0.5, 0.6) is 0 Å². The Balaban J connectivity index is 2.02. The molecule has 0 aliphatic carbocycles. The van der Waals surface area contributed by atoms with Crippen molar-refractivity contribution < 1.29 is 4.74 Å². The van der Waals surface area contributed by atoms with Gasteiger partial charge in [-0.1, -0.05) is 0 Å². The van der Waals surface area contributed by atoms with Crippen LogP contribution in [0.1, 0.15) is 25.5 Å². The molecule has 1 aromatic heterocycles. The highest BCUT2D eigenvalue weighted by Gasteiger charge is 2.18. The Morgan fingerprint density at radius 2 is 2.35 bits per heavy atom. The number of nitrogens with zero attached hydrogens (tertiary/aromatic N) is 2. The fourth-order valence-corrected chi connectivity index (χ4v) is 2.34. The Labute approximate surface area is 101 Å². The summed E-state index contributed by atoms with van der Waals surface area (Å²) in [4.78, 5) is 0. The van der Waals surface area contributed by atoms with E-state index in [2.05, 4.69) is 28.6 Å². The van der Waals surface area contributed by atoms with Crippen LogP contribution < -0.4 is 5.32 Å². The Bertz CT molecular complexity index is 514. The SMILES string of the molecule is CNc1ccc2cnn(C3CCCCO3)c2c1. The molecule has 1 aliphatic heterocycles. The monoisotopic (exact) mass is 231 g/mol. The van der Waals surface area contributed by atoms with Gasteiger partial charge < -0.3 is 10.1 Å². The molecule has 90 valence electrons. The van der Waals surface area contributed by atoms with E-state index in [1.165, 1.54) is 6.42 Å². The molecule has 1 saturated heterocycles. The molecule has 0 spiro atoms. The van der Waals surface area contributed by atoms with Gasteiger partial charge in [-0.25, -0.2) is 4.68 Å². The lowest BCUT2D eigenvalue weighted by Crippen LogP contribution is -2.18. The minimum atomic E-state index is 0.105.